The van der Waals surface area contributed by atoms with Crippen molar-refractivity contribution >= 4 is 23.5 Å². The van der Waals surface area contributed by atoms with Gasteiger partial charge in [-0.25, -0.2) is 4.79 Å². The van der Waals surface area contributed by atoms with Gasteiger partial charge in [-0.1, -0.05) is 48.5 Å². The van der Waals surface area contributed by atoms with Crippen LogP contribution in [-0.4, -0.2) is 31.1 Å². The van der Waals surface area contributed by atoms with E-state index in [2.05, 4.69) is 5.32 Å². The van der Waals surface area contributed by atoms with Crippen molar-refractivity contribution in [1.82, 2.24) is 5.32 Å². The lowest BCUT2D eigenvalue weighted by molar-refractivity contribution is -0.143. The van der Waals surface area contributed by atoms with E-state index in [4.69, 9.17) is 9.47 Å². The molecule has 27 heavy (non-hydrogen) atoms. The predicted octanol–water partition coefficient (Wildman–Crippen LogP) is 3.69. The van der Waals surface area contributed by atoms with Gasteiger partial charge >= 0.3 is 5.97 Å². The predicted molar refractivity (Wildman–Crippen MR) is 106 cm³/mol. The molecule has 0 spiro atoms. The van der Waals surface area contributed by atoms with Gasteiger partial charge in [-0.05, 0) is 38.5 Å². The van der Waals surface area contributed by atoms with Crippen LogP contribution in [0.4, 0.5) is 0 Å². The van der Waals surface area contributed by atoms with Crippen LogP contribution in [0.5, 0.6) is 5.75 Å². The molecule has 5 nitrogen and oxygen atoms in total. The highest BCUT2D eigenvalue weighted by molar-refractivity contribution is 6.22. The molecule has 0 aromatic heterocycles. The number of nitrogens with one attached hydrogen (secondary N) is 1. The standard InChI is InChI=1S/C22H25NO4/c1-22(2,3)23-20(24)15-27-21(25)18(16-10-6-5-7-11-16)14-17-12-8-9-13-19(17)26-4/h5-14H,15H2,1-4H3,(H,23,24)/b18-14+. The van der Waals surface area contributed by atoms with E-state index in [1.165, 1.54) is 0 Å². The van der Waals surface area contributed by atoms with Crippen LogP contribution in [-0.2, 0) is 14.3 Å². The molecule has 2 aromatic rings. The quantitative estimate of drug-likeness (QED) is 0.480. The Morgan fingerprint density at radius 1 is 1.00 bits per heavy atom. The summed E-state index contributed by atoms with van der Waals surface area (Å²) in [4.78, 5) is 24.7. The zero-order valence-corrected chi connectivity index (χ0v) is 16.1. The summed E-state index contributed by atoms with van der Waals surface area (Å²) >= 11 is 0. The smallest absolute Gasteiger partial charge is 0.339 e. The molecule has 1 N–H and O–H groups in total. The van der Waals surface area contributed by atoms with E-state index < -0.39 is 5.97 Å². The van der Waals surface area contributed by atoms with Crippen molar-refractivity contribution in [3.8, 4) is 5.75 Å². The lowest BCUT2D eigenvalue weighted by Crippen LogP contribution is -2.42. The minimum absolute atomic E-state index is 0.341. The average Bonchev–Trinajstić information content (AvgIpc) is 2.64. The molecule has 0 atom stereocenters. The fourth-order valence-electron chi connectivity index (χ4n) is 2.48. The minimum Gasteiger partial charge on any atom is -0.496 e. The van der Waals surface area contributed by atoms with Gasteiger partial charge < -0.3 is 14.8 Å². The number of carbonyl (C=O) groups is 2. The molecular weight excluding hydrogens is 342 g/mol. The number of para-hydroxylation sites is 1. The van der Waals surface area contributed by atoms with E-state index in [9.17, 15) is 9.59 Å². The van der Waals surface area contributed by atoms with Crippen molar-refractivity contribution in [3.05, 3.63) is 65.7 Å². The molecule has 5 heteroatoms. The Bertz CT molecular complexity index is 820. The summed E-state index contributed by atoms with van der Waals surface area (Å²) in [7, 11) is 1.57. The summed E-state index contributed by atoms with van der Waals surface area (Å²) in [5, 5.41) is 2.77. The molecule has 0 saturated heterocycles. The normalized spacial score (nSPS) is 11.6. The zero-order valence-electron chi connectivity index (χ0n) is 16.1. The van der Waals surface area contributed by atoms with E-state index in [-0.39, 0.29) is 18.1 Å². The van der Waals surface area contributed by atoms with Crippen molar-refractivity contribution in [2.45, 2.75) is 26.3 Å². The van der Waals surface area contributed by atoms with Crippen LogP contribution >= 0.6 is 0 Å². The first kappa shape index (κ1) is 20.2. The molecule has 0 aliphatic carbocycles. The van der Waals surface area contributed by atoms with Gasteiger partial charge in [-0.2, -0.15) is 0 Å². The molecule has 2 rings (SSSR count). The molecule has 0 aliphatic rings. The first-order chi connectivity index (χ1) is 12.8. The molecular formula is C22H25NO4. The Hall–Kier alpha value is -3.08. The lowest BCUT2D eigenvalue weighted by Gasteiger charge is -2.20. The van der Waals surface area contributed by atoms with E-state index in [0.29, 0.717) is 16.9 Å². The molecule has 0 unspecified atom stereocenters. The molecule has 0 fully saturated rings. The van der Waals surface area contributed by atoms with Crippen molar-refractivity contribution in [2.75, 3.05) is 13.7 Å². The maximum atomic E-state index is 12.7. The second-order valence-electron chi connectivity index (χ2n) is 7.04. The molecule has 142 valence electrons. The first-order valence-electron chi connectivity index (χ1n) is 8.68. The summed E-state index contributed by atoms with van der Waals surface area (Å²) < 4.78 is 10.6. The Labute approximate surface area is 160 Å². The summed E-state index contributed by atoms with van der Waals surface area (Å²) in [6.45, 7) is 5.25. The molecule has 0 heterocycles. The van der Waals surface area contributed by atoms with Gasteiger partial charge in [0.1, 0.15) is 5.75 Å². The number of carbonyl (C=O) groups excluding carboxylic acids is 2. The lowest BCUT2D eigenvalue weighted by atomic mass is 10.0. The summed E-state index contributed by atoms with van der Waals surface area (Å²) in [6, 6.07) is 16.6. The summed E-state index contributed by atoms with van der Waals surface area (Å²) in [5.74, 6) is -0.277. The highest BCUT2D eigenvalue weighted by Gasteiger charge is 2.18. The first-order valence-corrected chi connectivity index (χ1v) is 8.68. The van der Waals surface area contributed by atoms with Gasteiger partial charge in [0, 0.05) is 11.1 Å². The average molecular weight is 367 g/mol. The number of ether oxygens (including phenoxy) is 2. The number of hydrogen-bond donors (Lipinski definition) is 1. The van der Waals surface area contributed by atoms with E-state index in [1.807, 2.05) is 75.4 Å². The van der Waals surface area contributed by atoms with Gasteiger partial charge in [0.05, 0.1) is 12.7 Å². The molecule has 0 aliphatic heterocycles. The topological polar surface area (TPSA) is 64.6 Å². The molecule has 2 aromatic carbocycles. The van der Waals surface area contributed by atoms with Crippen LogP contribution in [0.2, 0.25) is 0 Å². The van der Waals surface area contributed by atoms with E-state index >= 15 is 0 Å². The third-order valence-electron chi connectivity index (χ3n) is 3.59. The fraction of sp³-hybridized carbons (Fsp3) is 0.273. The minimum atomic E-state index is -0.573. The van der Waals surface area contributed by atoms with E-state index in [1.54, 1.807) is 13.2 Å². The van der Waals surface area contributed by atoms with Gasteiger partial charge in [0.15, 0.2) is 6.61 Å². The van der Waals surface area contributed by atoms with Gasteiger partial charge in [-0.15, -0.1) is 0 Å². The SMILES string of the molecule is COc1ccccc1/C=C(/C(=O)OCC(=O)NC(C)(C)C)c1ccccc1. The van der Waals surface area contributed by atoms with Gasteiger partial charge in [0.25, 0.3) is 5.91 Å². The second-order valence-corrected chi connectivity index (χ2v) is 7.04. The van der Waals surface area contributed by atoms with E-state index in [0.717, 1.165) is 5.56 Å². The maximum absolute atomic E-state index is 12.7. The Kier molecular flexibility index (Phi) is 6.77. The Morgan fingerprint density at radius 3 is 2.26 bits per heavy atom. The van der Waals surface area contributed by atoms with Crippen LogP contribution < -0.4 is 10.1 Å². The monoisotopic (exact) mass is 367 g/mol. The Balaban J connectivity index is 2.27. The summed E-state index contributed by atoms with van der Waals surface area (Å²) in [6.07, 6.45) is 1.71. The molecule has 0 saturated carbocycles. The zero-order chi connectivity index (χ0) is 19.9. The number of rotatable bonds is 6. The van der Waals surface area contributed by atoms with Gasteiger partial charge in [0.2, 0.25) is 0 Å². The summed E-state index contributed by atoms with van der Waals surface area (Å²) in [5.41, 5.74) is 1.40. The fourth-order valence-corrected chi connectivity index (χ4v) is 2.48. The van der Waals surface area contributed by atoms with Crippen molar-refractivity contribution < 1.29 is 19.1 Å². The number of esters is 1. The number of benzene rings is 2. The van der Waals surface area contributed by atoms with Crippen LogP contribution in [0.3, 0.4) is 0 Å². The highest BCUT2D eigenvalue weighted by atomic mass is 16.5. The van der Waals surface area contributed by atoms with Crippen LogP contribution in [0, 0.1) is 0 Å². The van der Waals surface area contributed by atoms with Crippen molar-refractivity contribution in [3.63, 3.8) is 0 Å². The number of hydrogen-bond acceptors (Lipinski definition) is 4. The number of amides is 1. The molecule has 0 radical (unpaired) electrons. The van der Waals surface area contributed by atoms with Crippen LogP contribution in [0.1, 0.15) is 31.9 Å². The Morgan fingerprint density at radius 2 is 1.63 bits per heavy atom. The van der Waals surface area contributed by atoms with Crippen molar-refractivity contribution in [2.24, 2.45) is 0 Å². The number of methoxy groups -OCH3 is 1. The van der Waals surface area contributed by atoms with Crippen LogP contribution in [0.25, 0.3) is 11.6 Å². The maximum Gasteiger partial charge on any atom is 0.339 e. The largest absolute Gasteiger partial charge is 0.496 e. The molecule has 1 amide bonds. The molecule has 0 bridgehead atoms. The van der Waals surface area contributed by atoms with Crippen molar-refractivity contribution in [1.29, 1.82) is 0 Å². The van der Waals surface area contributed by atoms with Crippen LogP contribution in [0.15, 0.2) is 54.6 Å². The highest BCUT2D eigenvalue weighted by Crippen LogP contribution is 2.25. The third-order valence-corrected chi connectivity index (χ3v) is 3.59. The third kappa shape index (κ3) is 6.29. The van der Waals surface area contributed by atoms with Gasteiger partial charge in [-0.3, -0.25) is 4.79 Å². The second kappa shape index (κ2) is 9.03.